The van der Waals surface area contributed by atoms with Crippen LogP contribution in [0.1, 0.15) is 49.7 Å². The van der Waals surface area contributed by atoms with Crippen molar-refractivity contribution in [2.45, 2.75) is 63.5 Å². The van der Waals surface area contributed by atoms with E-state index in [2.05, 4.69) is 28.8 Å². The van der Waals surface area contributed by atoms with Gasteiger partial charge in [-0.3, -0.25) is 14.4 Å². The van der Waals surface area contributed by atoms with E-state index in [1.54, 1.807) is 6.08 Å². The van der Waals surface area contributed by atoms with E-state index in [9.17, 15) is 19.5 Å². The molecule has 0 aliphatic heterocycles. The minimum Gasteiger partial charge on any atom is -0.463 e. The van der Waals surface area contributed by atoms with E-state index in [4.69, 9.17) is 4.74 Å². The van der Waals surface area contributed by atoms with E-state index >= 15 is 0 Å². The number of ether oxygens (including phenoxy) is 1. The number of fused-ring (bicyclic) bond motifs is 1. The summed E-state index contributed by atoms with van der Waals surface area (Å²) in [5.41, 5.74) is 2.96. The minimum absolute atomic E-state index is 0.0161. The van der Waals surface area contributed by atoms with Gasteiger partial charge in [-0.2, -0.15) is 0 Å². The van der Waals surface area contributed by atoms with Gasteiger partial charge in [0.05, 0.1) is 24.6 Å². The van der Waals surface area contributed by atoms with Crippen LogP contribution in [0.5, 0.6) is 0 Å². The summed E-state index contributed by atoms with van der Waals surface area (Å²) in [4.78, 5) is 42.0. The normalized spacial score (nSPS) is 13.1. The summed E-state index contributed by atoms with van der Waals surface area (Å²) in [5, 5.41) is 16.7. The Kier molecular flexibility index (Phi) is 13.6. The fraction of sp³-hybridized carbons (Fsp3) is 0.382. The lowest BCUT2D eigenvalue weighted by Crippen LogP contribution is -2.45. The second-order valence-corrected chi connectivity index (χ2v) is 10.5. The lowest BCUT2D eigenvalue weighted by atomic mass is 9.97. The average Bonchev–Trinajstić information content (AvgIpc) is 3.40. The maximum absolute atomic E-state index is 13.5. The molecule has 0 aliphatic rings. The van der Waals surface area contributed by atoms with E-state index in [0.29, 0.717) is 32.1 Å². The molecule has 8 nitrogen and oxygen atoms in total. The van der Waals surface area contributed by atoms with Crippen LogP contribution in [0.4, 0.5) is 0 Å². The lowest BCUT2D eigenvalue weighted by Gasteiger charge is -2.23. The van der Waals surface area contributed by atoms with Crippen LogP contribution in [0.25, 0.3) is 10.9 Å². The fourth-order valence-electron chi connectivity index (χ4n) is 4.91. The highest BCUT2D eigenvalue weighted by Crippen LogP contribution is 2.20. The molecule has 0 unspecified atom stereocenters. The summed E-state index contributed by atoms with van der Waals surface area (Å²) in [6.45, 7) is 7.27. The fourth-order valence-corrected chi connectivity index (χ4v) is 4.91. The first-order valence-electron chi connectivity index (χ1n) is 14.6. The van der Waals surface area contributed by atoms with Crippen LogP contribution in [-0.4, -0.2) is 53.2 Å². The standard InChI is InChI=1S/C34H43N3O5/c1-3-5-6-10-18-33(40)42-24-29(20-27-22-35-31-17-12-11-16-30(27)31)37-34(41)26(13-4-2)21-32(39)36-28(23-38)19-25-14-8-7-9-15-25/h3-4,7-9,11-12,14-17,22,26,28-29,35,38H,1-2,5-6,10,13,18-21,23-24H2,(H,36,39)(H,37,41)/t26-,28+,29+/m1/s1. The summed E-state index contributed by atoms with van der Waals surface area (Å²) < 4.78 is 5.57. The molecule has 1 heterocycles. The Balaban J connectivity index is 1.65. The molecular weight excluding hydrogens is 530 g/mol. The number of aromatic nitrogens is 1. The summed E-state index contributed by atoms with van der Waals surface area (Å²) in [7, 11) is 0. The number of benzene rings is 2. The van der Waals surface area contributed by atoms with Crippen molar-refractivity contribution in [2.24, 2.45) is 5.92 Å². The molecule has 0 aliphatic carbocycles. The number of carbonyl (C=O) groups excluding carboxylic acids is 3. The Bertz CT molecular complexity index is 1300. The Morgan fingerprint density at radius 1 is 0.929 bits per heavy atom. The minimum atomic E-state index is -0.668. The first-order chi connectivity index (χ1) is 20.4. The van der Waals surface area contributed by atoms with Gasteiger partial charge in [0.15, 0.2) is 0 Å². The molecule has 3 aromatic rings. The third-order valence-electron chi connectivity index (χ3n) is 7.14. The van der Waals surface area contributed by atoms with E-state index in [0.717, 1.165) is 34.9 Å². The number of amides is 2. The molecule has 4 N–H and O–H groups in total. The Labute approximate surface area is 248 Å². The number of unbranched alkanes of at least 4 members (excludes halogenated alkanes) is 2. The summed E-state index contributed by atoms with van der Waals surface area (Å²) in [6.07, 6.45) is 9.21. The van der Waals surface area contributed by atoms with Crippen molar-refractivity contribution in [3.05, 3.63) is 97.2 Å². The summed E-state index contributed by atoms with van der Waals surface area (Å²) >= 11 is 0. The molecule has 0 radical (unpaired) electrons. The quantitative estimate of drug-likeness (QED) is 0.0934. The van der Waals surface area contributed by atoms with Crippen LogP contribution < -0.4 is 10.6 Å². The van der Waals surface area contributed by atoms with E-state index in [1.165, 1.54) is 0 Å². The highest BCUT2D eigenvalue weighted by Gasteiger charge is 2.26. The van der Waals surface area contributed by atoms with Crippen molar-refractivity contribution in [3.63, 3.8) is 0 Å². The zero-order valence-electron chi connectivity index (χ0n) is 24.2. The molecule has 3 atom stereocenters. The molecule has 224 valence electrons. The molecule has 42 heavy (non-hydrogen) atoms. The Morgan fingerprint density at radius 3 is 2.43 bits per heavy atom. The smallest absolute Gasteiger partial charge is 0.305 e. The first kappa shape index (κ1) is 32.3. The van der Waals surface area contributed by atoms with E-state index in [1.807, 2.05) is 66.9 Å². The van der Waals surface area contributed by atoms with Gasteiger partial charge in [-0.15, -0.1) is 13.2 Å². The van der Waals surface area contributed by atoms with Gasteiger partial charge in [0, 0.05) is 29.9 Å². The van der Waals surface area contributed by atoms with Crippen LogP contribution in [0, 0.1) is 5.92 Å². The molecule has 0 fully saturated rings. The average molecular weight is 574 g/mol. The van der Waals surface area contributed by atoms with Gasteiger partial charge < -0.3 is 25.5 Å². The highest BCUT2D eigenvalue weighted by molar-refractivity contribution is 5.86. The molecule has 8 heteroatoms. The zero-order chi connectivity index (χ0) is 30.2. The van der Waals surface area contributed by atoms with Gasteiger partial charge in [-0.05, 0) is 55.7 Å². The second-order valence-electron chi connectivity index (χ2n) is 10.5. The predicted octanol–water partition coefficient (Wildman–Crippen LogP) is 4.79. The molecule has 2 amide bonds. The predicted molar refractivity (Wildman–Crippen MR) is 166 cm³/mol. The number of rotatable bonds is 19. The van der Waals surface area contributed by atoms with Crippen LogP contribution >= 0.6 is 0 Å². The van der Waals surface area contributed by atoms with Gasteiger partial charge >= 0.3 is 5.97 Å². The lowest BCUT2D eigenvalue weighted by molar-refractivity contribution is -0.145. The van der Waals surface area contributed by atoms with E-state index < -0.39 is 18.0 Å². The Morgan fingerprint density at radius 2 is 1.69 bits per heavy atom. The number of carbonyl (C=O) groups is 3. The number of esters is 1. The number of aromatic amines is 1. The molecule has 0 bridgehead atoms. The second kappa shape index (κ2) is 17.6. The van der Waals surface area contributed by atoms with Gasteiger partial charge in [-0.1, -0.05) is 60.7 Å². The van der Waals surface area contributed by atoms with Crippen molar-refractivity contribution in [3.8, 4) is 0 Å². The maximum Gasteiger partial charge on any atom is 0.305 e. The van der Waals surface area contributed by atoms with Crippen LogP contribution in [0.2, 0.25) is 0 Å². The molecule has 0 saturated carbocycles. The van der Waals surface area contributed by atoms with Crippen molar-refractivity contribution in [1.82, 2.24) is 15.6 Å². The number of aliphatic hydroxyl groups is 1. The van der Waals surface area contributed by atoms with Crippen molar-refractivity contribution in [2.75, 3.05) is 13.2 Å². The number of hydrogen-bond acceptors (Lipinski definition) is 5. The van der Waals surface area contributed by atoms with Crippen LogP contribution in [0.3, 0.4) is 0 Å². The summed E-state index contributed by atoms with van der Waals surface area (Å²) in [6, 6.07) is 16.5. The molecule has 0 saturated heterocycles. The number of nitrogens with one attached hydrogen (secondary N) is 3. The molecule has 3 rings (SSSR count). The number of aliphatic hydroxyl groups excluding tert-OH is 1. The third kappa shape index (κ3) is 10.7. The van der Waals surface area contributed by atoms with Crippen molar-refractivity contribution < 1.29 is 24.2 Å². The van der Waals surface area contributed by atoms with Gasteiger partial charge in [-0.25, -0.2) is 0 Å². The topological polar surface area (TPSA) is 121 Å². The molecule has 1 aromatic heterocycles. The molecule has 0 spiro atoms. The van der Waals surface area contributed by atoms with Crippen LogP contribution in [-0.2, 0) is 32.0 Å². The van der Waals surface area contributed by atoms with Gasteiger partial charge in [0.2, 0.25) is 11.8 Å². The SMILES string of the molecule is C=CCCCCC(=O)OC[C@H](Cc1c[nH]c2ccccc12)NC(=O)[C@H](CC=C)CC(=O)N[C@H](CO)Cc1ccccc1. The number of hydrogen-bond donors (Lipinski definition) is 4. The largest absolute Gasteiger partial charge is 0.463 e. The molecular formula is C34H43N3O5. The highest BCUT2D eigenvalue weighted by atomic mass is 16.5. The first-order valence-corrected chi connectivity index (χ1v) is 14.6. The van der Waals surface area contributed by atoms with Crippen molar-refractivity contribution in [1.29, 1.82) is 0 Å². The van der Waals surface area contributed by atoms with Crippen LogP contribution in [0.15, 0.2) is 86.1 Å². The Hall–Kier alpha value is -4.17. The number of H-pyrrole nitrogens is 1. The number of allylic oxidation sites excluding steroid dienone is 2. The van der Waals surface area contributed by atoms with Crippen molar-refractivity contribution >= 4 is 28.7 Å². The van der Waals surface area contributed by atoms with Gasteiger partial charge in [0.1, 0.15) is 6.61 Å². The third-order valence-corrected chi connectivity index (χ3v) is 7.14. The zero-order valence-corrected chi connectivity index (χ0v) is 24.2. The monoisotopic (exact) mass is 573 g/mol. The van der Waals surface area contributed by atoms with Gasteiger partial charge in [0.25, 0.3) is 0 Å². The summed E-state index contributed by atoms with van der Waals surface area (Å²) in [5.74, 6) is -1.63. The molecule has 2 aromatic carbocycles. The van der Waals surface area contributed by atoms with E-state index in [-0.39, 0.29) is 37.4 Å². The maximum atomic E-state index is 13.5. The number of para-hydroxylation sites is 1.